The Morgan fingerprint density at radius 3 is 2.88 bits per heavy atom. The van der Waals surface area contributed by atoms with Gasteiger partial charge >= 0.3 is 0 Å². The maximum Gasteiger partial charge on any atom is 0.226 e. The zero-order valence-electron chi connectivity index (χ0n) is 12.7. The molecule has 1 unspecified atom stereocenters. The van der Waals surface area contributed by atoms with Crippen LogP contribution in [0.5, 0.6) is 0 Å². The molecule has 2 N–H and O–H groups in total. The fourth-order valence-corrected chi connectivity index (χ4v) is 2.59. The van der Waals surface area contributed by atoms with Gasteiger partial charge in [0.05, 0.1) is 12.4 Å². The van der Waals surface area contributed by atoms with Crippen molar-refractivity contribution in [1.82, 2.24) is 25.1 Å². The lowest BCUT2D eigenvalue weighted by Gasteiger charge is -2.11. The molecular weight excluding hydrogens is 328 g/mol. The van der Waals surface area contributed by atoms with Crippen LogP contribution in [-0.4, -0.2) is 25.1 Å². The van der Waals surface area contributed by atoms with Crippen molar-refractivity contribution in [2.45, 2.75) is 13.0 Å². The molecule has 0 aliphatic carbocycles. The highest BCUT2D eigenvalue weighted by Crippen LogP contribution is 2.26. The molecule has 0 bridgehead atoms. The van der Waals surface area contributed by atoms with Gasteiger partial charge < -0.3 is 14.8 Å². The van der Waals surface area contributed by atoms with Crippen LogP contribution in [0.2, 0.25) is 5.28 Å². The standard InChI is InChI=1S/C16H13ClN6O/c1-9(11-7-12(24-23-11)10-5-3-2-4-6-10)20-15-13-14(19-8-18-13)21-16(17)22-15/h2-9H,1H3,(H2,18,19,20,21,22). The molecule has 0 aliphatic heterocycles. The lowest BCUT2D eigenvalue weighted by molar-refractivity contribution is 0.420. The van der Waals surface area contributed by atoms with Crippen LogP contribution in [0.3, 0.4) is 0 Å². The lowest BCUT2D eigenvalue weighted by Crippen LogP contribution is -2.09. The number of hydrogen-bond acceptors (Lipinski definition) is 6. The van der Waals surface area contributed by atoms with Gasteiger partial charge in [0.15, 0.2) is 17.2 Å². The fraction of sp³-hybridized carbons (Fsp3) is 0.125. The van der Waals surface area contributed by atoms with Gasteiger partial charge in [-0.25, -0.2) is 4.98 Å². The van der Waals surface area contributed by atoms with E-state index in [-0.39, 0.29) is 11.3 Å². The predicted octanol–water partition coefficient (Wildman–Crippen LogP) is 3.83. The SMILES string of the molecule is CC(Nc1nc(Cl)nc2nc[nH]c12)c1cc(-c2ccccc2)on1. The molecule has 0 fully saturated rings. The molecular formula is C16H13ClN6O. The average molecular weight is 341 g/mol. The predicted molar refractivity (Wildman–Crippen MR) is 90.7 cm³/mol. The third kappa shape index (κ3) is 2.69. The Kier molecular flexibility index (Phi) is 3.62. The van der Waals surface area contributed by atoms with Crippen LogP contribution < -0.4 is 5.32 Å². The van der Waals surface area contributed by atoms with Gasteiger partial charge in [-0.15, -0.1) is 0 Å². The lowest BCUT2D eigenvalue weighted by atomic mass is 10.1. The van der Waals surface area contributed by atoms with Gasteiger partial charge in [0.25, 0.3) is 0 Å². The first kappa shape index (κ1) is 14.6. The van der Waals surface area contributed by atoms with E-state index in [0.29, 0.717) is 22.7 Å². The molecule has 1 aromatic carbocycles. The minimum absolute atomic E-state index is 0.134. The Balaban J connectivity index is 1.61. The van der Waals surface area contributed by atoms with Gasteiger partial charge in [-0.1, -0.05) is 35.5 Å². The molecule has 0 aliphatic rings. The highest BCUT2D eigenvalue weighted by Gasteiger charge is 2.16. The Hall–Kier alpha value is -2.93. The quantitative estimate of drug-likeness (QED) is 0.548. The number of imidazole rings is 1. The molecule has 7 nitrogen and oxygen atoms in total. The normalized spacial score (nSPS) is 12.4. The molecule has 120 valence electrons. The topological polar surface area (TPSA) is 92.5 Å². The van der Waals surface area contributed by atoms with Gasteiger partial charge in [-0.3, -0.25) is 0 Å². The molecule has 0 spiro atoms. The summed E-state index contributed by atoms with van der Waals surface area (Å²) in [6.45, 7) is 1.96. The molecule has 0 saturated carbocycles. The maximum absolute atomic E-state index is 5.94. The maximum atomic E-state index is 5.94. The van der Waals surface area contributed by atoms with Gasteiger partial charge in [-0.2, -0.15) is 9.97 Å². The highest BCUT2D eigenvalue weighted by molar-refractivity contribution is 6.28. The first-order chi connectivity index (χ1) is 11.7. The molecule has 4 rings (SSSR count). The molecule has 1 atom stereocenters. The first-order valence-corrected chi connectivity index (χ1v) is 7.73. The number of benzene rings is 1. The van der Waals surface area contributed by atoms with Crippen molar-refractivity contribution in [3.8, 4) is 11.3 Å². The van der Waals surface area contributed by atoms with Crippen molar-refractivity contribution < 1.29 is 4.52 Å². The van der Waals surface area contributed by atoms with Crippen LogP contribution in [0.1, 0.15) is 18.7 Å². The highest BCUT2D eigenvalue weighted by atomic mass is 35.5. The van der Waals surface area contributed by atoms with Gasteiger partial charge in [-0.05, 0) is 18.5 Å². The smallest absolute Gasteiger partial charge is 0.226 e. The summed E-state index contributed by atoms with van der Waals surface area (Å²) in [5.41, 5.74) is 2.94. The first-order valence-electron chi connectivity index (χ1n) is 7.36. The second kappa shape index (κ2) is 5.93. The van der Waals surface area contributed by atoms with Crippen molar-refractivity contribution in [1.29, 1.82) is 0 Å². The monoisotopic (exact) mass is 340 g/mol. The number of hydrogen-bond donors (Lipinski definition) is 2. The number of anilines is 1. The van der Waals surface area contributed by atoms with E-state index in [1.807, 2.05) is 43.3 Å². The third-order valence-electron chi connectivity index (χ3n) is 3.64. The van der Waals surface area contributed by atoms with E-state index in [9.17, 15) is 0 Å². The summed E-state index contributed by atoms with van der Waals surface area (Å²) in [5.74, 6) is 1.28. The number of H-pyrrole nitrogens is 1. The van der Waals surface area contributed by atoms with Crippen LogP contribution in [0.15, 0.2) is 47.2 Å². The largest absolute Gasteiger partial charge is 0.360 e. The molecule has 3 aromatic heterocycles. The van der Waals surface area contributed by atoms with Crippen LogP contribution in [0, 0.1) is 0 Å². The Morgan fingerprint density at radius 2 is 2.04 bits per heavy atom. The van der Waals surface area contributed by atoms with E-state index in [1.54, 1.807) is 6.33 Å². The number of aromatic amines is 1. The Labute approximate surface area is 142 Å². The summed E-state index contributed by atoms with van der Waals surface area (Å²) in [7, 11) is 0. The van der Waals surface area contributed by atoms with Crippen molar-refractivity contribution in [2.75, 3.05) is 5.32 Å². The number of halogens is 1. The van der Waals surface area contributed by atoms with E-state index in [0.717, 1.165) is 11.3 Å². The van der Waals surface area contributed by atoms with Gasteiger partial charge in [0.1, 0.15) is 11.2 Å². The number of rotatable bonds is 4. The van der Waals surface area contributed by atoms with Gasteiger partial charge in [0.2, 0.25) is 5.28 Å². The van der Waals surface area contributed by atoms with Gasteiger partial charge in [0, 0.05) is 11.6 Å². The number of nitrogens with zero attached hydrogens (tertiary/aromatic N) is 4. The number of fused-ring (bicyclic) bond motifs is 1. The van der Waals surface area contributed by atoms with Crippen molar-refractivity contribution >= 4 is 28.6 Å². The van der Waals surface area contributed by atoms with E-state index >= 15 is 0 Å². The summed E-state index contributed by atoms with van der Waals surface area (Å²) < 4.78 is 5.44. The van der Waals surface area contributed by atoms with Crippen LogP contribution >= 0.6 is 11.6 Å². The molecule has 0 amide bonds. The summed E-state index contributed by atoms with van der Waals surface area (Å²) in [6, 6.07) is 11.6. The molecule has 0 radical (unpaired) electrons. The van der Waals surface area contributed by atoms with Crippen LogP contribution in [0.25, 0.3) is 22.5 Å². The number of aromatic nitrogens is 5. The summed E-state index contributed by atoms with van der Waals surface area (Å²) in [5, 5.41) is 7.54. The van der Waals surface area contributed by atoms with Crippen molar-refractivity contribution in [2.24, 2.45) is 0 Å². The molecule has 24 heavy (non-hydrogen) atoms. The Bertz CT molecular complexity index is 981. The molecule has 3 heterocycles. The summed E-state index contributed by atoms with van der Waals surface area (Å²) >= 11 is 5.94. The van der Waals surface area contributed by atoms with Crippen molar-refractivity contribution in [3.05, 3.63) is 53.7 Å². The third-order valence-corrected chi connectivity index (χ3v) is 3.81. The number of nitrogens with one attached hydrogen (secondary N) is 2. The van der Waals surface area contributed by atoms with E-state index in [1.165, 1.54) is 0 Å². The van der Waals surface area contributed by atoms with Crippen LogP contribution in [-0.2, 0) is 0 Å². The summed E-state index contributed by atoms with van der Waals surface area (Å²) in [6.07, 6.45) is 1.55. The second-order valence-electron chi connectivity index (χ2n) is 5.29. The minimum atomic E-state index is -0.135. The van der Waals surface area contributed by atoms with E-state index in [2.05, 4.69) is 30.4 Å². The fourth-order valence-electron chi connectivity index (χ4n) is 2.42. The zero-order chi connectivity index (χ0) is 16.5. The molecule has 4 aromatic rings. The second-order valence-corrected chi connectivity index (χ2v) is 5.63. The Morgan fingerprint density at radius 1 is 1.21 bits per heavy atom. The average Bonchev–Trinajstić information content (AvgIpc) is 3.24. The van der Waals surface area contributed by atoms with Crippen LogP contribution in [0.4, 0.5) is 5.82 Å². The zero-order valence-corrected chi connectivity index (χ0v) is 13.4. The molecule has 0 saturated heterocycles. The minimum Gasteiger partial charge on any atom is -0.360 e. The van der Waals surface area contributed by atoms with E-state index < -0.39 is 0 Å². The summed E-state index contributed by atoms with van der Waals surface area (Å²) in [4.78, 5) is 15.4. The van der Waals surface area contributed by atoms with Crippen molar-refractivity contribution in [3.63, 3.8) is 0 Å². The van der Waals surface area contributed by atoms with E-state index in [4.69, 9.17) is 16.1 Å². The molecule has 8 heteroatoms.